The summed E-state index contributed by atoms with van der Waals surface area (Å²) in [7, 11) is 0. The van der Waals surface area contributed by atoms with Crippen LogP contribution in [0.25, 0.3) is 0 Å². The quantitative estimate of drug-likeness (QED) is 0.779. The molecule has 3 nitrogen and oxygen atoms in total. The molecule has 1 aromatic carbocycles. The van der Waals surface area contributed by atoms with Crippen molar-refractivity contribution in [3.63, 3.8) is 0 Å². The first-order valence-electron chi connectivity index (χ1n) is 6.60. The Labute approximate surface area is 104 Å². The fraction of sp³-hybridized carbons (Fsp3) is 0.571. The van der Waals surface area contributed by atoms with Crippen molar-refractivity contribution in [3.8, 4) is 0 Å². The second-order valence-electron chi connectivity index (χ2n) is 4.85. The average Bonchev–Trinajstić information content (AvgIpc) is 2.39. The van der Waals surface area contributed by atoms with Gasteiger partial charge >= 0.3 is 0 Å². The van der Waals surface area contributed by atoms with Gasteiger partial charge in [0.1, 0.15) is 0 Å². The fourth-order valence-corrected chi connectivity index (χ4v) is 2.52. The third-order valence-electron chi connectivity index (χ3n) is 3.65. The van der Waals surface area contributed by atoms with Gasteiger partial charge in [0, 0.05) is 18.8 Å². The predicted molar refractivity (Wildman–Crippen MR) is 72.7 cm³/mol. The minimum atomic E-state index is 0.531. The van der Waals surface area contributed by atoms with Crippen molar-refractivity contribution >= 4 is 5.69 Å². The SMILES string of the molecule is NCc1cccc(CCN2CCCCC2)c1N. The van der Waals surface area contributed by atoms with E-state index >= 15 is 0 Å². The van der Waals surface area contributed by atoms with E-state index in [-0.39, 0.29) is 0 Å². The summed E-state index contributed by atoms with van der Waals surface area (Å²) in [4.78, 5) is 2.54. The van der Waals surface area contributed by atoms with Crippen LogP contribution in [0.15, 0.2) is 18.2 Å². The first-order chi connectivity index (χ1) is 8.31. The molecule has 0 aromatic heterocycles. The van der Waals surface area contributed by atoms with Crippen molar-refractivity contribution < 1.29 is 0 Å². The number of anilines is 1. The van der Waals surface area contributed by atoms with Gasteiger partial charge in [0.2, 0.25) is 0 Å². The van der Waals surface area contributed by atoms with Gasteiger partial charge in [-0.15, -0.1) is 0 Å². The molecule has 1 fully saturated rings. The Morgan fingerprint density at radius 3 is 2.47 bits per heavy atom. The van der Waals surface area contributed by atoms with Crippen molar-refractivity contribution in [1.82, 2.24) is 4.90 Å². The lowest BCUT2D eigenvalue weighted by atomic mass is 10.0. The van der Waals surface area contributed by atoms with Crippen LogP contribution in [0.1, 0.15) is 30.4 Å². The molecule has 1 aromatic rings. The number of para-hydroxylation sites is 1. The van der Waals surface area contributed by atoms with Crippen molar-refractivity contribution in [2.75, 3.05) is 25.4 Å². The molecule has 1 aliphatic rings. The van der Waals surface area contributed by atoms with Crippen molar-refractivity contribution in [3.05, 3.63) is 29.3 Å². The van der Waals surface area contributed by atoms with E-state index in [0.29, 0.717) is 6.54 Å². The lowest BCUT2D eigenvalue weighted by Crippen LogP contribution is -2.31. The summed E-state index contributed by atoms with van der Waals surface area (Å²) in [5.74, 6) is 0. The van der Waals surface area contributed by atoms with E-state index in [2.05, 4.69) is 17.0 Å². The zero-order valence-electron chi connectivity index (χ0n) is 10.5. The number of likely N-dealkylation sites (tertiary alicyclic amines) is 1. The van der Waals surface area contributed by atoms with Crippen LogP contribution in [0, 0.1) is 0 Å². The van der Waals surface area contributed by atoms with Gasteiger partial charge in [0.15, 0.2) is 0 Å². The predicted octanol–water partition coefficient (Wildman–Crippen LogP) is 1.76. The number of nitrogen functional groups attached to an aromatic ring is 1. The Hall–Kier alpha value is -1.06. The van der Waals surface area contributed by atoms with Crippen molar-refractivity contribution in [2.45, 2.75) is 32.2 Å². The van der Waals surface area contributed by atoms with Gasteiger partial charge in [0.25, 0.3) is 0 Å². The molecule has 0 spiro atoms. The highest BCUT2D eigenvalue weighted by molar-refractivity contribution is 5.53. The summed E-state index contributed by atoms with van der Waals surface area (Å²) in [6.45, 7) is 4.15. The summed E-state index contributed by atoms with van der Waals surface area (Å²) in [6.07, 6.45) is 5.12. The number of nitrogens with zero attached hydrogens (tertiary/aromatic N) is 1. The molecule has 94 valence electrons. The largest absolute Gasteiger partial charge is 0.398 e. The standard InChI is InChI=1S/C14H23N3/c15-11-13-6-4-5-12(14(13)16)7-10-17-8-2-1-3-9-17/h4-6H,1-3,7-11,15-16H2. The highest BCUT2D eigenvalue weighted by Gasteiger charge is 2.11. The second kappa shape index (κ2) is 6.03. The van der Waals surface area contributed by atoms with Crippen LogP contribution in [0.4, 0.5) is 5.69 Å². The molecule has 0 bridgehead atoms. The van der Waals surface area contributed by atoms with E-state index in [4.69, 9.17) is 11.5 Å². The van der Waals surface area contributed by atoms with Crippen LogP contribution in [0.2, 0.25) is 0 Å². The smallest absolute Gasteiger partial charge is 0.0392 e. The van der Waals surface area contributed by atoms with Crippen LogP contribution in [-0.2, 0) is 13.0 Å². The average molecular weight is 233 g/mol. The van der Waals surface area contributed by atoms with E-state index in [1.54, 1.807) is 0 Å². The molecule has 0 radical (unpaired) electrons. The fourth-order valence-electron chi connectivity index (χ4n) is 2.52. The zero-order chi connectivity index (χ0) is 12.1. The minimum Gasteiger partial charge on any atom is -0.398 e. The van der Waals surface area contributed by atoms with Gasteiger partial charge in [-0.1, -0.05) is 24.6 Å². The summed E-state index contributed by atoms with van der Waals surface area (Å²) in [5.41, 5.74) is 15.0. The van der Waals surface area contributed by atoms with E-state index in [1.165, 1.54) is 37.9 Å². The molecule has 0 amide bonds. The maximum Gasteiger partial charge on any atom is 0.0392 e. The van der Waals surface area contributed by atoms with Gasteiger partial charge in [-0.3, -0.25) is 0 Å². The molecule has 1 heterocycles. The Bertz CT molecular complexity index is 356. The molecule has 0 atom stereocenters. The summed E-state index contributed by atoms with van der Waals surface area (Å²) >= 11 is 0. The number of nitrogens with two attached hydrogens (primary N) is 2. The lowest BCUT2D eigenvalue weighted by molar-refractivity contribution is 0.231. The maximum absolute atomic E-state index is 6.11. The van der Waals surface area contributed by atoms with E-state index < -0.39 is 0 Å². The summed E-state index contributed by atoms with van der Waals surface area (Å²) in [5, 5.41) is 0. The van der Waals surface area contributed by atoms with Gasteiger partial charge in [-0.2, -0.15) is 0 Å². The third-order valence-corrected chi connectivity index (χ3v) is 3.65. The Balaban J connectivity index is 1.93. The number of rotatable bonds is 4. The van der Waals surface area contributed by atoms with Gasteiger partial charge in [-0.05, 0) is 43.5 Å². The number of piperidine rings is 1. The molecular formula is C14H23N3. The molecule has 17 heavy (non-hydrogen) atoms. The number of hydrogen-bond acceptors (Lipinski definition) is 3. The molecule has 1 saturated heterocycles. The Morgan fingerprint density at radius 1 is 1.06 bits per heavy atom. The second-order valence-corrected chi connectivity index (χ2v) is 4.85. The summed E-state index contributed by atoms with van der Waals surface area (Å²) in [6, 6.07) is 6.20. The van der Waals surface area contributed by atoms with Crippen LogP contribution < -0.4 is 11.5 Å². The molecule has 1 aliphatic heterocycles. The number of benzene rings is 1. The van der Waals surface area contributed by atoms with Crippen molar-refractivity contribution in [1.29, 1.82) is 0 Å². The van der Waals surface area contributed by atoms with Crippen LogP contribution in [0.5, 0.6) is 0 Å². The first kappa shape index (κ1) is 12.4. The Kier molecular flexibility index (Phi) is 4.40. The maximum atomic E-state index is 6.11. The normalized spacial score (nSPS) is 17.2. The topological polar surface area (TPSA) is 55.3 Å². The van der Waals surface area contributed by atoms with Crippen LogP contribution in [0.3, 0.4) is 0 Å². The van der Waals surface area contributed by atoms with E-state index in [0.717, 1.165) is 24.2 Å². The highest BCUT2D eigenvalue weighted by Crippen LogP contribution is 2.18. The Morgan fingerprint density at radius 2 is 1.76 bits per heavy atom. The third kappa shape index (κ3) is 3.20. The van der Waals surface area contributed by atoms with Gasteiger partial charge < -0.3 is 16.4 Å². The van der Waals surface area contributed by atoms with Gasteiger partial charge in [-0.25, -0.2) is 0 Å². The van der Waals surface area contributed by atoms with Gasteiger partial charge in [0.05, 0.1) is 0 Å². The van der Waals surface area contributed by atoms with Crippen LogP contribution in [-0.4, -0.2) is 24.5 Å². The molecule has 0 aliphatic carbocycles. The monoisotopic (exact) mass is 233 g/mol. The molecular weight excluding hydrogens is 210 g/mol. The molecule has 3 heteroatoms. The lowest BCUT2D eigenvalue weighted by Gasteiger charge is -2.26. The molecule has 0 saturated carbocycles. The first-order valence-corrected chi connectivity index (χ1v) is 6.60. The molecule has 2 rings (SSSR count). The van der Waals surface area contributed by atoms with E-state index in [9.17, 15) is 0 Å². The summed E-state index contributed by atoms with van der Waals surface area (Å²) < 4.78 is 0. The minimum absolute atomic E-state index is 0.531. The zero-order valence-corrected chi connectivity index (χ0v) is 10.5. The van der Waals surface area contributed by atoms with Crippen molar-refractivity contribution in [2.24, 2.45) is 5.73 Å². The van der Waals surface area contributed by atoms with E-state index in [1.807, 2.05) is 6.07 Å². The molecule has 4 N–H and O–H groups in total. The number of hydrogen-bond donors (Lipinski definition) is 2. The highest BCUT2D eigenvalue weighted by atomic mass is 15.1. The molecule has 0 unspecified atom stereocenters. The van der Waals surface area contributed by atoms with Crippen LogP contribution >= 0.6 is 0 Å².